The number of carbonyl (C=O) groups is 2. The fourth-order valence-electron chi connectivity index (χ4n) is 2.35. The third-order valence-corrected chi connectivity index (χ3v) is 5.81. The second-order valence-corrected chi connectivity index (χ2v) is 7.81. The average Bonchev–Trinajstić information content (AvgIpc) is 3.16. The van der Waals surface area contributed by atoms with Crippen molar-refractivity contribution in [3.8, 4) is 0 Å². The highest BCUT2D eigenvalue weighted by molar-refractivity contribution is 8.15. The maximum atomic E-state index is 12.4. The molecule has 2 heterocycles. The Kier molecular flexibility index (Phi) is 5.19. The molecule has 1 aliphatic rings. The van der Waals surface area contributed by atoms with Gasteiger partial charge in [0.25, 0.3) is 0 Å². The number of anilines is 1. The van der Waals surface area contributed by atoms with E-state index in [1.165, 1.54) is 33.6 Å². The van der Waals surface area contributed by atoms with Crippen LogP contribution in [0.3, 0.4) is 0 Å². The number of amidine groups is 1. The van der Waals surface area contributed by atoms with Crippen molar-refractivity contribution in [2.45, 2.75) is 25.5 Å². The standard InChI is InChI=1S/C17H18N4O2S2/c1-10-4-5-12(8-11(10)2)19-14(22)9-13-15(23)21(3)17(25-13)20-16-18-6-7-24-16/h4-8,13H,9H2,1-3H3,(H,19,22)/t13-/m0/s1. The first-order valence-electron chi connectivity index (χ1n) is 7.73. The van der Waals surface area contributed by atoms with E-state index in [0.717, 1.165) is 11.3 Å². The Balaban J connectivity index is 1.65. The van der Waals surface area contributed by atoms with E-state index in [0.29, 0.717) is 10.3 Å². The fraction of sp³-hybridized carbons (Fsp3) is 0.294. The summed E-state index contributed by atoms with van der Waals surface area (Å²) >= 11 is 2.71. The average molecular weight is 374 g/mol. The second-order valence-electron chi connectivity index (χ2n) is 5.76. The Hall–Kier alpha value is -2.19. The largest absolute Gasteiger partial charge is 0.326 e. The van der Waals surface area contributed by atoms with Gasteiger partial charge in [-0.1, -0.05) is 17.8 Å². The van der Waals surface area contributed by atoms with E-state index in [4.69, 9.17) is 0 Å². The lowest BCUT2D eigenvalue weighted by Gasteiger charge is -2.10. The zero-order valence-electron chi connectivity index (χ0n) is 14.1. The molecule has 3 rings (SSSR count). The van der Waals surface area contributed by atoms with Crippen LogP contribution in [0.25, 0.3) is 0 Å². The molecule has 0 saturated carbocycles. The predicted octanol–water partition coefficient (Wildman–Crippen LogP) is 3.35. The Morgan fingerprint density at radius 3 is 2.84 bits per heavy atom. The SMILES string of the molecule is Cc1ccc(NC(=O)C[C@@H]2SC(=Nc3nccs3)N(C)C2=O)cc1C. The molecule has 25 heavy (non-hydrogen) atoms. The molecule has 0 unspecified atom stereocenters. The topological polar surface area (TPSA) is 74.7 Å². The van der Waals surface area contributed by atoms with E-state index in [2.05, 4.69) is 15.3 Å². The highest BCUT2D eigenvalue weighted by atomic mass is 32.2. The van der Waals surface area contributed by atoms with Gasteiger partial charge in [-0.15, -0.1) is 11.3 Å². The number of hydrogen-bond donors (Lipinski definition) is 1. The van der Waals surface area contributed by atoms with Gasteiger partial charge in [0.2, 0.25) is 16.9 Å². The first-order chi connectivity index (χ1) is 11.9. The highest BCUT2D eigenvalue weighted by Gasteiger charge is 2.37. The molecule has 0 bridgehead atoms. The zero-order chi connectivity index (χ0) is 18.0. The van der Waals surface area contributed by atoms with E-state index < -0.39 is 5.25 Å². The van der Waals surface area contributed by atoms with Crippen molar-refractivity contribution in [2.24, 2.45) is 4.99 Å². The van der Waals surface area contributed by atoms with Crippen molar-refractivity contribution >= 4 is 50.9 Å². The van der Waals surface area contributed by atoms with Gasteiger partial charge in [0, 0.05) is 30.7 Å². The molecule has 1 aliphatic heterocycles. The van der Waals surface area contributed by atoms with Crippen LogP contribution in [0.2, 0.25) is 0 Å². The molecule has 130 valence electrons. The summed E-state index contributed by atoms with van der Waals surface area (Å²) in [5.41, 5.74) is 3.03. The van der Waals surface area contributed by atoms with Crippen LogP contribution in [-0.4, -0.2) is 39.2 Å². The van der Waals surface area contributed by atoms with Crippen LogP contribution in [-0.2, 0) is 9.59 Å². The Bertz CT molecular complexity index is 833. The normalized spacial score (nSPS) is 18.8. The molecule has 1 aromatic carbocycles. The lowest BCUT2D eigenvalue weighted by molar-refractivity contribution is -0.127. The van der Waals surface area contributed by atoms with Crippen LogP contribution in [0, 0.1) is 13.8 Å². The number of rotatable bonds is 4. The summed E-state index contributed by atoms with van der Waals surface area (Å²) in [5, 5.41) is 5.40. The smallest absolute Gasteiger partial charge is 0.242 e. The van der Waals surface area contributed by atoms with E-state index in [9.17, 15) is 9.59 Å². The summed E-state index contributed by atoms with van der Waals surface area (Å²) in [6.07, 6.45) is 1.78. The number of amides is 2. The molecule has 1 aromatic heterocycles. The minimum absolute atomic E-state index is 0.109. The number of carbonyl (C=O) groups excluding carboxylic acids is 2. The second kappa shape index (κ2) is 7.37. The van der Waals surface area contributed by atoms with Gasteiger partial charge in [-0.2, -0.15) is 4.99 Å². The van der Waals surface area contributed by atoms with Crippen molar-refractivity contribution in [3.05, 3.63) is 40.9 Å². The molecule has 0 radical (unpaired) electrons. The van der Waals surface area contributed by atoms with Gasteiger partial charge >= 0.3 is 0 Å². The number of thioether (sulfide) groups is 1. The fourth-order valence-corrected chi connectivity index (χ4v) is 4.05. The summed E-state index contributed by atoms with van der Waals surface area (Å²) in [7, 11) is 1.67. The van der Waals surface area contributed by atoms with Crippen molar-refractivity contribution in [1.82, 2.24) is 9.88 Å². The number of aromatic nitrogens is 1. The van der Waals surface area contributed by atoms with Gasteiger partial charge in [-0.25, -0.2) is 4.98 Å². The van der Waals surface area contributed by atoms with Crippen molar-refractivity contribution < 1.29 is 9.59 Å². The molecule has 1 fully saturated rings. The van der Waals surface area contributed by atoms with Gasteiger partial charge in [0.05, 0.1) is 0 Å². The summed E-state index contributed by atoms with van der Waals surface area (Å²) in [6.45, 7) is 4.02. The molecular formula is C17H18N4O2S2. The molecule has 0 spiro atoms. The highest BCUT2D eigenvalue weighted by Crippen LogP contribution is 2.31. The first-order valence-corrected chi connectivity index (χ1v) is 9.49. The monoisotopic (exact) mass is 374 g/mol. The lowest BCUT2D eigenvalue weighted by atomic mass is 10.1. The third kappa shape index (κ3) is 4.08. The van der Waals surface area contributed by atoms with Crippen molar-refractivity contribution in [1.29, 1.82) is 0 Å². The summed E-state index contributed by atoms with van der Waals surface area (Å²) in [4.78, 5) is 34.6. The van der Waals surface area contributed by atoms with Crippen LogP contribution < -0.4 is 5.32 Å². The Morgan fingerprint density at radius 1 is 1.36 bits per heavy atom. The third-order valence-electron chi connectivity index (χ3n) is 3.91. The zero-order valence-corrected chi connectivity index (χ0v) is 15.8. The van der Waals surface area contributed by atoms with E-state index in [1.54, 1.807) is 13.2 Å². The number of nitrogens with zero attached hydrogens (tertiary/aromatic N) is 3. The predicted molar refractivity (Wildman–Crippen MR) is 103 cm³/mol. The first kappa shape index (κ1) is 17.6. The Morgan fingerprint density at radius 2 is 2.16 bits per heavy atom. The molecule has 6 nitrogen and oxygen atoms in total. The van der Waals surface area contributed by atoms with Crippen LogP contribution in [0.4, 0.5) is 10.8 Å². The van der Waals surface area contributed by atoms with Crippen molar-refractivity contribution in [2.75, 3.05) is 12.4 Å². The van der Waals surface area contributed by atoms with Crippen LogP contribution >= 0.6 is 23.1 Å². The van der Waals surface area contributed by atoms with E-state index in [1.807, 2.05) is 37.4 Å². The van der Waals surface area contributed by atoms with Gasteiger partial charge in [-0.05, 0) is 37.1 Å². The minimum Gasteiger partial charge on any atom is -0.326 e. The van der Waals surface area contributed by atoms with Gasteiger partial charge in [0.15, 0.2) is 5.17 Å². The maximum Gasteiger partial charge on any atom is 0.242 e. The lowest BCUT2D eigenvalue weighted by Crippen LogP contribution is -2.30. The number of aliphatic imine (C=N–C) groups is 1. The van der Waals surface area contributed by atoms with E-state index >= 15 is 0 Å². The molecule has 2 aromatic rings. The maximum absolute atomic E-state index is 12.4. The summed E-state index contributed by atoms with van der Waals surface area (Å²) in [5.74, 6) is -0.298. The van der Waals surface area contributed by atoms with Crippen LogP contribution in [0.5, 0.6) is 0 Å². The molecule has 1 atom stereocenters. The van der Waals surface area contributed by atoms with Crippen LogP contribution in [0.15, 0.2) is 34.8 Å². The molecule has 2 amide bonds. The Labute approximate surface area is 154 Å². The molecule has 0 aliphatic carbocycles. The number of hydrogen-bond acceptors (Lipinski definition) is 6. The number of aryl methyl sites for hydroxylation is 2. The quantitative estimate of drug-likeness (QED) is 0.890. The van der Waals surface area contributed by atoms with Crippen LogP contribution in [0.1, 0.15) is 17.5 Å². The molecular weight excluding hydrogens is 356 g/mol. The number of benzene rings is 1. The number of nitrogens with one attached hydrogen (secondary N) is 1. The van der Waals surface area contributed by atoms with Crippen molar-refractivity contribution in [3.63, 3.8) is 0 Å². The molecule has 1 saturated heterocycles. The van der Waals surface area contributed by atoms with Gasteiger partial charge in [-0.3, -0.25) is 14.5 Å². The van der Waals surface area contributed by atoms with Gasteiger partial charge < -0.3 is 5.32 Å². The summed E-state index contributed by atoms with van der Waals surface area (Å²) in [6, 6.07) is 5.76. The number of thiazole rings is 1. The van der Waals surface area contributed by atoms with Gasteiger partial charge in [0.1, 0.15) is 5.25 Å². The molecule has 8 heteroatoms. The molecule has 1 N–H and O–H groups in total. The van der Waals surface area contributed by atoms with E-state index in [-0.39, 0.29) is 18.2 Å². The minimum atomic E-state index is -0.463. The summed E-state index contributed by atoms with van der Waals surface area (Å²) < 4.78 is 0.